The van der Waals surface area contributed by atoms with Crippen LogP contribution in [0, 0.1) is 10.1 Å². The lowest BCUT2D eigenvalue weighted by molar-refractivity contribution is -0.384. The van der Waals surface area contributed by atoms with Crippen LogP contribution in [0.25, 0.3) is 0 Å². The molecule has 1 aromatic rings. The molecule has 1 aromatic carbocycles. The van der Waals surface area contributed by atoms with Crippen LogP contribution in [0.5, 0.6) is 0 Å². The van der Waals surface area contributed by atoms with E-state index >= 15 is 0 Å². The fraction of sp³-hybridized carbons (Fsp3) is 0.625. The summed E-state index contributed by atoms with van der Waals surface area (Å²) < 4.78 is 0. The molecule has 29 heavy (non-hydrogen) atoms. The molecule has 0 fully saturated rings. The van der Waals surface area contributed by atoms with Gasteiger partial charge in [0.1, 0.15) is 0 Å². The maximum atomic E-state index is 10.6. The molecule has 0 atom stereocenters. The maximum Gasteiger partial charge on any atom is 0.303 e. The second-order valence-corrected chi connectivity index (χ2v) is 7.76. The summed E-state index contributed by atoms with van der Waals surface area (Å²) in [5.74, 6) is -0.685. The zero-order valence-electron chi connectivity index (χ0n) is 17.7. The van der Waals surface area contributed by atoms with Crippen LogP contribution < -0.4 is 0 Å². The number of carboxylic acid groups (broad SMARTS) is 1. The summed E-state index contributed by atoms with van der Waals surface area (Å²) in [6.45, 7) is 0. The van der Waals surface area contributed by atoms with Gasteiger partial charge in [0.15, 0.2) is 0 Å². The Bertz CT molecular complexity index is 595. The van der Waals surface area contributed by atoms with Gasteiger partial charge in [-0.05, 0) is 50.5 Å². The number of allylic oxidation sites excluding steroid dienone is 2. The summed E-state index contributed by atoms with van der Waals surface area (Å²) in [6.07, 6.45) is 21.1. The van der Waals surface area contributed by atoms with Crippen LogP contribution in [0.2, 0.25) is 0 Å². The number of hydrogen-bond donors (Lipinski definition) is 1. The molecule has 0 spiro atoms. The second kappa shape index (κ2) is 16.8. The number of non-ortho nitro benzene ring substituents is 1. The first-order valence-electron chi connectivity index (χ1n) is 11.2. The Morgan fingerprint density at radius 3 is 1.79 bits per heavy atom. The van der Waals surface area contributed by atoms with Crippen molar-refractivity contribution in [1.29, 1.82) is 0 Å². The van der Waals surface area contributed by atoms with Crippen molar-refractivity contribution in [2.24, 2.45) is 0 Å². The largest absolute Gasteiger partial charge is 0.481 e. The molecule has 0 aliphatic carbocycles. The summed E-state index contributed by atoms with van der Waals surface area (Å²) >= 11 is 0. The van der Waals surface area contributed by atoms with E-state index in [1.165, 1.54) is 56.9 Å². The van der Waals surface area contributed by atoms with Crippen molar-refractivity contribution in [3.05, 3.63) is 52.1 Å². The maximum absolute atomic E-state index is 10.6. The molecule has 0 radical (unpaired) electrons. The highest BCUT2D eigenvalue weighted by Gasteiger charge is 2.03. The Morgan fingerprint density at radius 2 is 1.28 bits per heavy atom. The molecule has 0 unspecified atom stereocenters. The zero-order valence-corrected chi connectivity index (χ0v) is 17.7. The van der Waals surface area contributed by atoms with Crippen LogP contribution in [0.4, 0.5) is 5.69 Å². The van der Waals surface area contributed by atoms with Gasteiger partial charge in [-0.25, -0.2) is 0 Å². The van der Waals surface area contributed by atoms with Gasteiger partial charge in [0.05, 0.1) is 4.92 Å². The molecule has 0 aliphatic rings. The minimum atomic E-state index is -0.685. The molecule has 0 bridgehead atoms. The van der Waals surface area contributed by atoms with Gasteiger partial charge in [0.25, 0.3) is 5.69 Å². The summed E-state index contributed by atoms with van der Waals surface area (Å²) in [5, 5.41) is 19.2. The molecule has 1 N–H and O–H groups in total. The van der Waals surface area contributed by atoms with Crippen molar-refractivity contribution in [1.82, 2.24) is 0 Å². The number of carboxylic acids is 1. The van der Waals surface area contributed by atoms with Crippen molar-refractivity contribution < 1.29 is 14.8 Å². The predicted octanol–water partition coefficient (Wildman–Crippen LogP) is 7.24. The first-order chi connectivity index (χ1) is 14.1. The van der Waals surface area contributed by atoms with Crippen LogP contribution in [-0.4, -0.2) is 16.0 Å². The van der Waals surface area contributed by atoms with Crippen LogP contribution in [-0.2, 0) is 11.2 Å². The highest BCUT2D eigenvalue weighted by atomic mass is 16.6. The van der Waals surface area contributed by atoms with E-state index in [9.17, 15) is 14.9 Å². The first-order valence-corrected chi connectivity index (χ1v) is 11.2. The van der Waals surface area contributed by atoms with E-state index in [1.54, 1.807) is 12.1 Å². The summed E-state index contributed by atoms with van der Waals surface area (Å²) in [4.78, 5) is 20.7. The normalized spacial score (nSPS) is 11.2. The third-order valence-corrected chi connectivity index (χ3v) is 5.16. The lowest BCUT2D eigenvalue weighted by atomic mass is 10.0. The molecule has 5 nitrogen and oxygen atoms in total. The minimum Gasteiger partial charge on any atom is -0.481 e. The monoisotopic (exact) mass is 403 g/mol. The molecular weight excluding hydrogens is 366 g/mol. The van der Waals surface area contributed by atoms with E-state index in [-0.39, 0.29) is 10.6 Å². The predicted molar refractivity (Wildman–Crippen MR) is 118 cm³/mol. The number of carbonyl (C=O) groups is 1. The van der Waals surface area contributed by atoms with Gasteiger partial charge in [-0.1, -0.05) is 69.2 Å². The van der Waals surface area contributed by atoms with Crippen LogP contribution in [0.15, 0.2) is 36.4 Å². The molecule has 0 heterocycles. The Labute approximate surface area is 175 Å². The van der Waals surface area contributed by atoms with E-state index in [0.29, 0.717) is 6.42 Å². The van der Waals surface area contributed by atoms with Crippen molar-refractivity contribution in [3.63, 3.8) is 0 Å². The third-order valence-electron chi connectivity index (χ3n) is 5.16. The van der Waals surface area contributed by atoms with E-state index in [1.807, 2.05) is 12.1 Å². The van der Waals surface area contributed by atoms with E-state index < -0.39 is 5.97 Å². The average Bonchev–Trinajstić information content (AvgIpc) is 2.70. The van der Waals surface area contributed by atoms with Gasteiger partial charge in [-0.15, -0.1) is 0 Å². The van der Waals surface area contributed by atoms with Gasteiger partial charge in [0, 0.05) is 18.6 Å². The quantitative estimate of drug-likeness (QED) is 0.121. The molecule has 0 saturated heterocycles. The SMILES string of the molecule is O=C(O)CCCCCCC/C=C/CCCCCCCCc1ccc([N+](=O)[O-])cc1. The highest BCUT2D eigenvalue weighted by molar-refractivity contribution is 5.66. The molecule has 0 amide bonds. The zero-order chi connectivity index (χ0) is 21.2. The number of nitrogens with zero attached hydrogens (tertiary/aromatic N) is 1. The van der Waals surface area contributed by atoms with Crippen LogP contribution in [0.1, 0.15) is 95.5 Å². The lowest BCUT2D eigenvalue weighted by Gasteiger charge is -2.02. The Hall–Kier alpha value is -2.17. The Kier molecular flexibility index (Phi) is 14.4. The summed E-state index contributed by atoms with van der Waals surface area (Å²) in [7, 11) is 0. The summed E-state index contributed by atoms with van der Waals surface area (Å²) in [6, 6.07) is 6.91. The van der Waals surface area contributed by atoms with Gasteiger partial charge < -0.3 is 5.11 Å². The van der Waals surface area contributed by atoms with Crippen molar-refractivity contribution in [3.8, 4) is 0 Å². The van der Waals surface area contributed by atoms with Gasteiger partial charge in [-0.3, -0.25) is 14.9 Å². The minimum absolute atomic E-state index is 0.163. The molecule has 0 aliphatic heterocycles. The van der Waals surface area contributed by atoms with Crippen LogP contribution in [0.3, 0.4) is 0 Å². The van der Waals surface area contributed by atoms with Crippen LogP contribution >= 0.6 is 0 Å². The molecule has 1 rings (SSSR count). The highest BCUT2D eigenvalue weighted by Crippen LogP contribution is 2.15. The first kappa shape index (κ1) is 24.9. The van der Waals surface area contributed by atoms with E-state index in [4.69, 9.17) is 5.11 Å². The van der Waals surface area contributed by atoms with Gasteiger partial charge in [0.2, 0.25) is 0 Å². The fourth-order valence-corrected chi connectivity index (χ4v) is 3.39. The number of rotatable bonds is 18. The number of unbranched alkanes of at least 4 members (excludes halogenated alkanes) is 11. The second-order valence-electron chi connectivity index (χ2n) is 7.76. The topological polar surface area (TPSA) is 80.4 Å². The summed E-state index contributed by atoms with van der Waals surface area (Å²) in [5.41, 5.74) is 1.34. The van der Waals surface area contributed by atoms with Crippen molar-refractivity contribution in [2.45, 2.75) is 96.3 Å². The van der Waals surface area contributed by atoms with Gasteiger partial charge >= 0.3 is 5.97 Å². The fourth-order valence-electron chi connectivity index (χ4n) is 3.39. The number of nitro groups is 1. The average molecular weight is 404 g/mol. The van der Waals surface area contributed by atoms with E-state index in [0.717, 1.165) is 38.5 Å². The number of benzene rings is 1. The third kappa shape index (κ3) is 14.5. The molecule has 0 aromatic heterocycles. The van der Waals surface area contributed by atoms with Crippen molar-refractivity contribution >= 4 is 11.7 Å². The molecule has 5 heteroatoms. The van der Waals surface area contributed by atoms with E-state index in [2.05, 4.69) is 12.2 Å². The number of nitro benzene ring substituents is 1. The Morgan fingerprint density at radius 1 is 0.793 bits per heavy atom. The lowest BCUT2D eigenvalue weighted by Crippen LogP contribution is -1.93. The molecule has 0 saturated carbocycles. The standard InChI is InChI=1S/C24H37NO4/c26-24(27)17-15-13-11-9-7-5-3-1-2-4-6-8-10-12-14-16-22-18-20-23(21-19-22)25(28)29/h1,3,18-21H,2,4-17H2,(H,26,27)/b3-1+. The van der Waals surface area contributed by atoms with Crippen molar-refractivity contribution in [2.75, 3.05) is 0 Å². The number of hydrogen-bond acceptors (Lipinski definition) is 3. The Balaban J connectivity index is 1.84. The molecule has 162 valence electrons. The molecular formula is C24H37NO4. The number of aliphatic carboxylic acids is 1. The smallest absolute Gasteiger partial charge is 0.303 e. The van der Waals surface area contributed by atoms with Gasteiger partial charge in [-0.2, -0.15) is 0 Å². The number of aryl methyl sites for hydroxylation is 1.